The number of hydrogen-bond donors (Lipinski definition) is 1. The van der Waals surface area contributed by atoms with Gasteiger partial charge in [-0.15, -0.1) is 0 Å². The molecule has 0 spiro atoms. The highest BCUT2D eigenvalue weighted by Crippen LogP contribution is 2.10. The van der Waals surface area contributed by atoms with Crippen molar-refractivity contribution in [3.8, 4) is 0 Å². The fourth-order valence-electron chi connectivity index (χ4n) is 1.48. The normalized spacial score (nSPS) is 13.1. The van der Waals surface area contributed by atoms with Crippen LogP contribution in [0.5, 0.6) is 0 Å². The predicted octanol–water partition coefficient (Wildman–Crippen LogP) is 2.24. The number of aromatic nitrogens is 3. The first kappa shape index (κ1) is 11.6. The molecule has 1 atom stereocenters. The van der Waals surface area contributed by atoms with Crippen molar-refractivity contribution in [1.29, 1.82) is 0 Å². The topological polar surface area (TPSA) is 30.7 Å². The third-order valence-corrected chi connectivity index (χ3v) is 2.68. The van der Waals surface area contributed by atoms with Gasteiger partial charge < -0.3 is 0 Å². The van der Waals surface area contributed by atoms with Gasteiger partial charge in [0.15, 0.2) is 0 Å². The lowest BCUT2D eigenvalue weighted by Gasteiger charge is -2.09. The van der Waals surface area contributed by atoms with Crippen LogP contribution in [0.1, 0.15) is 31.4 Å². The largest absolute Gasteiger partial charge is 0.250 e. The molecule has 4 heteroatoms. The minimum Gasteiger partial charge on any atom is -0.250 e. The van der Waals surface area contributed by atoms with E-state index in [0.29, 0.717) is 0 Å². The Morgan fingerprint density at radius 3 is 2.57 bits per heavy atom. The van der Waals surface area contributed by atoms with Gasteiger partial charge in [0.25, 0.3) is 0 Å². The van der Waals surface area contributed by atoms with Gasteiger partial charge in [-0.1, -0.05) is 6.92 Å². The second kappa shape index (κ2) is 5.39. The second-order valence-corrected chi connectivity index (χ2v) is 4.28. The van der Waals surface area contributed by atoms with Crippen LogP contribution >= 0.6 is 12.6 Å². The summed E-state index contributed by atoms with van der Waals surface area (Å²) in [6.07, 6.45) is 2.33. The van der Waals surface area contributed by atoms with Gasteiger partial charge in [-0.3, -0.25) is 4.68 Å². The highest BCUT2D eigenvalue weighted by atomic mass is 32.1. The molecular weight excluding hydrogens is 194 g/mol. The van der Waals surface area contributed by atoms with E-state index >= 15 is 0 Å². The second-order valence-electron chi connectivity index (χ2n) is 3.84. The number of thiol groups is 1. The van der Waals surface area contributed by atoms with E-state index < -0.39 is 0 Å². The molecule has 0 amide bonds. The van der Waals surface area contributed by atoms with Crippen LogP contribution in [0.15, 0.2) is 0 Å². The zero-order chi connectivity index (χ0) is 10.6. The van der Waals surface area contributed by atoms with Gasteiger partial charge in [-0.25, -0.2) is 4.98 Å². The van der Waals surface area contributed by atoms with Crippen LogP contribution < -0.4 is 0 Å². The first-order valence-electron chi connectivity index (χ1n) is 5.12. The van der Waals surface area contributed by atoms with E-state index in [2.05, 4.69) is 29.6 Å². The Hall–Kier alpha value is -0.510. The number of hydrogen-bond acceptors (Lipinski definition) is 3. The molecule has 0 radical (unpaired) electrons. The molecule has 0 saturated carbocycles. The third kappa shape index (κ3) is 3.33. The van der Waals surface area contributed by atoms with Gasteiger partial charge in [0.1, 0.15) is 11.6 Å². The van der Waals surface area contributed by atoms with Crippen LogP contribution in [-0.4, -0.2) is 20.5 Å². The van der Waals surface area contributed by atoms with Crippen molar-refractivity contribution in [2.45, 2.75) is 40.2 Å². The summed E-state index contributed by atoms with van der Waals surface area (Å²) in [5, 5.41) is 4.33. The molecule has 1 aromatic rings. The van der Waals surface area contributed by atoms with Crippen molar-refractivity contribution in [2.24, 2.45) is 5.92 Å². The van der Waals surface area contributed by atoms with Gasteiger partial charge in [-0.05, 0) is 38.4 Å². The van der Waals surface area contributed by atoms with E-state index in [4.69, 9.17) is 0 Å². The summed E-state index contributed by atoms with van der Waals surface area (Å²) in [5.41, 5.74) is 0. The smallest absolute Gasteiger partial charge is 0.147 e. The Labute approximate surface area is 91.3 Å². The molecule has 0 N–H and O–H groups in total. The average Bonchev–Trinajstić information content (AvgIpc) is 2.42. The number of nitrogens with zero attached hydrogens (tertiary/aromatic N) is 3. The van der Waals surface area contributed by atoms with Gasteiger partial charge in [0.2, 0.25) is 0 Å². The fourth-order valence-corrected chi connectivity index (χ4v) is 1.92. The number of rotatable bonds is 5. The molecule has 3 nitrogen and oxygen atoms in total. The monoisotopic (exact) mass is 213 g/mol. The van der Waals surface area contributed by atoms with Gasteiger partial charge in [0, 0.05) is 6.54 Å². The Kier molecular flexibility index (Phi) is 4.45. The Bertz CT molecular complexity index is 283. The minimum atomic E-state index is 0.719. The van der Waals surface area contributed by atoms with E-state index in [1.54, 1.807) is 0 Å². The summed E-state index contributed by atoms with van der Waals surface area (Å²) in [7, 11) is 0. The SMILES string of the molecule is Cc1nc(C)n(CCC(C)CCS)n1. The lowest BCUT2D eigenvalue weighted by Crippen LogP contribution is -2.07. The van der Waals surface area contributed by atoms with Crippen molar-refractivity contribution < 1.29 is 0 Å². The van der Waals surface area contributed by atoms with Gasteiger partial charge in [0.05, 0.1) is 0 Å². The highest BCUT2D eigenvalue weighted by Gasteiger charge is 2.05. The zero-order valence-electron chi connectivity index (χ0n) is 9.19. The van der Waals surface area contributed by atoms with E-state index in [1.807, 2.05) is 18.5 Å². The summed E-state index contributed by atoms with van der Waals surface area (Å²) in [6, 6.07) is 0. The van der Waals surface area contributed by atoms with Crippen molar-refractivity contribution in [2.75, 3.05) is 5.75 Å². The lowest BCUT2D eigenvalue weighted by molar-refractivity contribution is 0.445. The molecule has 0 aromatic carbocycles. The molecule has 0 aliphatic heterocycles. The van der Waals surface area contributed by atoms with Crippen molar-refractivity contribution in [3.63, 3.8) is 0 Å². The quantitative estimate of drug-likeness (QED) is 0.760. The van der Waals surface area contributed by atoms with E-state index in [0.717, 1.165) is 36.3 Å². The molecule has 80 valence electrons. The molecule has 0 aliphatic rings. The average molecular weight is 213 g/mol. The molecule has 1 unspecified atom stereocenters. The summed E-state index contributed by atoms with van der Waals surface area (Å²) in [5.74, 6) is 3.57. The minimum absolute atomic E-state index is 0.719. The summed E-state index contributed by atoms with van der Waals surface area (Å²) in [6.45, 7) is 7.17. The maximum Gasteiger partial charge on any atom is 0.147 e. The van der Waals surface area contributed by atoms with Crippen molar-refractivity contribution in [3.05, 3.63) is 11.6 Å². The zero-order valence-corrected chi connectivity index (χ0v) is 10.1. The number of aryl methyl sites for hydroxylation is 3. The third-order valence-electron chi connectivity index (χ3n) is 2.42. The van der Waals surface area contributed by atoms with Crippen LogP contribution in [0, 0.1) is 19.8 Å². The van der Waals surface area contributed by atoms with Gasteiger partial charge >= 0.3 is 0 Å². The lowest BCUT2D eigenvalue weighted by atomic mass is 10.1. The molecular formula is C10H19N3S. The molecule has 1 rings (SSSR count). The summed E-state index contributed by atoms with van der Waals surface area (Å²) < 4.78 is 1.99. The van der Waals surface area contributed by atoms with Crippen molar-refractivity contribution >= 4 is 12.6 Å². The van der Waals surface area contributed by atoms with Crippen LogP contribution in [-0.2, 0) is 6.54 Å². The fraction of sp³-hybridized carbons (Fsp3) is 0.800. The molecule has 0 aliphatic carbocycles. The molecule has 1 aromatic heterocycles. The first-order valence-corrected chi connectivity index (χ1v) is 5.75. The van der Waals surface area contributed by atoms with Crippen LogP contribution in [0.4, 0.5) is 0 Å². The first-order chi connectivity index (χ1) is 6.63. The molecule has 0 fully saturated rings. The Morgan fingerprint density at radius 1 is 1.36 bits per heavy atom. The molecule has 0 bridgehead atoms. The van der Waals surface area contributed by atoms with E-state index in [-0.39, 0.29) is 0 Å². The van der Waals surface area contributed by atoms with E-state index in [9.17, 15) is 0 Å². The van der Waals surface area contributed by atoms with Crippen molar-refractivity contribution in [1.82, 2.24) is 14.8 Å². The van der Waals surface area contributed by atoms with Crippen LogP contribution in [0.3, 0.4) is 0 Å². The van der Waals surface area contributed by atoms with Crippen LogP contribution in [0.25, 0.3) is 0 Å². The molecule has 14 heavy (non-hydrogen) atoms. The predicted molar refractivity (Wildman–Crippen MR) is 61.7 cm³/mol. The standard InChI is InChI=1S/C10H19N3S/c1-8(5-7-14)4-6-13-10(3)11-9(2)12-13/h8,14H,4-7H2,1-3H3. The summed E-state index contributed by atoms with van der Waals surface area (Å²) >= 11 is 4.23. The van der Waals surface area contributed by atoms with Gasteiger partial charge in [-0.2, -0.15) is 17.7 Å². The van der Waals surface area contributed by atoms with Crippen LogP contribution in [0.2, 0.25) is 0 Å². The Morgan fingerprint density at radius 2 is 2.07 bits per heavy atom. The maximum absolute atomic E-state index is 4.33. The molecule has 0 saturated heterocycles. The summed E-state index contributed by atoms with van der Waals surface area (Å²) in [4.78, 5) is 4.27. The highest BCUT2D eigenvalue weighted by molar-refractivity contribution is 7.80. The maximum atomic E-state index is 4.33. The molecule has 1 heterocycles. The Balaban J connectivity index is 2.41. The van der Waals surface area contributed by atoms with E-state index in [1.165, 1.54) is 6.42 Å².